The van der Waals surface area contributed by atoms with Gasteiger partial charge >= 0.3 is 227 Å². The molecule has 6 rings (SSSR count). The van der Waals surface area contributed by atoms with Crippen LogP contribution in [0.3, 0.4) is 0 Å². The van der Waals surface area contributed by atoms with Crippen molar-refractivity contribution in [1.82, 2.24) is 14.3 Å². The molecule has 2 aromatic rings. The number of nitrogens with one attached hydrogen (secondary N) is 3. The average Bonchev–Trinajstić information content (AvgIpc) is 3.78. The number of hydrogen-bond acceptors (Lipinski definition) is 7. The van der Waals surface area contributed by atoms with Crippen molar-refractivity contribution in [3.63, 3.8) is 0 Å². The molecule has 0 bridgehead atoms. The number of piperidine rings is 1. The molecule has 4 heterocycles. The Morgan fingerprint density at radius 1 is 1.22 bits per heavy atom. The van der Waals surface area contributed by atoms with E-state index in [1.54, 1.807) is 11.9 Å². The molecule has 1 atom stereocenters. The predicted octanol–water partition coefficient (Wildman–Crippen LogP) is 5.03. The van der Waals surface area contributed by atoms with Crippen LogP contribution in [0.4, 0.5) is 14.6 Å². The molecule has 2 saturated heterocycles. The van der Waals surface area contributed by atoms with Crippen LogP contribution in [-0.4, -0.2) is 71.6 Å². The maximum atomic E-state index is 13.2. The van der Waals surface area contributed by atoms with Gasteiger partial charge in [-0.1, -0.05) is 0 Å². The first-order chi connectivity index (χ1) is 17.7. The van der Waals surface area contributed by atoms with Crippen LogP contribution in [0.1, 0.15) is 76.0 Å². The van der Waals surface area contributed by atoms with E-state index in [1.165, 1.54) is 0 Å². The summed E-state index contributed by atoms with van der Waals surface area (Å²) in [5, 5.41) is 21.5. The number of aromatic nitrogens is 2. The van der Waals surface area contributed by atoms with E-state index in [-0.39, 0.29) is 21.5 Å². The van der Waals surface area contributed by atoms with Crippen molar-refractivity contribution in [1.29, 1.82) is 10.8 Å². The minimum absolute atomic E-state index is 0.125. The first-order valence-corrected chi connectivity index (χ1v) is 15.7. The fourth-order valence-corrected chi connectivity index (χ4v) is 7.77. The Hall–Kier alpha value is -1.52. The van der Waals surface area contributed by atoms with Gasteiger partial charge in [-0.15, -0.1) is 0 Å². The SMILES string of the molecule is C[C@@H]1CC2(CCN(c3cc(SNC4(C)CC4)cc4c(C(=N)[Se]C(=N)C(F)F)c(C5CC5)nn34)CC2)CO1. The van der Waals surface area contributed by atoms with Gasteiger partial charge in [-0.3, -0.25) is 0 Å². The molecule has 0 amide bonds. The number of alkyl halides is 2. The Kier molecular flexibility index (Phi) is 6.67. The van der Waals surface area contributed by atoms with Crippen LogP contribution in [0, 0.1) is 16.2 Å². The normalized spacial score (nSPS) is 24.4. The van der Waals surface area contributed by atoms with Crippen LogP contribution < -0.4 is 9.62 Å². The molecule has 37 heavy (non-hydrogen) atoms. The van der Waals surface area contributed by atoms with E-state index in [1.807, 2.05) is 4.52 Å². The summed E-state index contributed by atoms with van der Waals surface area (Å²) in [7, 11) is 0. The number of fused-ring (bicyclic) bond motifs is 1. The number of anilines is 1. The molecule has 11 heteroatoms. The summed E-state index contributed by atoms with van der Waals surface area (Å²) in [6.45, 7) is 7.04. The number of halogens is 2. The van der Waals surface area contributed by atoms with Crippen molar-refractivity contribution >= 4 is 47.5 Å². The molecule has 2 aliphatic carbocycles. The molecule has 2 aliphatic heterocycles. The number of nitrogens with zero attached hydrogens (tertiary/aromatic N) is 3. The first kappa shape index (κ1) is 25.7. The molecule has 2 saturated carbocycles. The third kappa shape index (κ3) is 5.22. The van der Waals surface area contributed by atoms with E-state index < -0.39 is 26.0 Å². The van der Waals surface area contributed by atoms with Crippen LogP contribution >= 0.6 is 11.9 Å². The molecule has 0 unspecified atom stereocenters. The minimum atomic E-state index is -2.82. The number of pyridine rings is 1. The molecule has 0 aromatic carbocycles. The van der Waals surface area contributed by atoms with Crippen molar-refractivity contribution in [2.75, 3.05) is 24.6 Å². The van der Waals surface area contributed by atoms with E-state index in [0.29, 0.717) is 11.7 Å². The van der Waals surface area contributed by atoms with E-state index in [9.17, 15) is 8.78 Å². The monoisotopic (exact) mass is 596 g/mol. The van der Waals surface area contributed by atoms with Gasteiger partial charge in [-0.2, -0.15) is 0 Å². The van der Waals surface area contributed by atoms with Gasteiger partial charge in [0, 0.05) is 0 Å². The van der Waals surface area contributed by atoms with Crippen molar-refractivity contribution in [3.05, 3.63) is 23.4 Å². The van der Waals surface area contributed by atoms with Crippen LogP contribution in [0.2, 0.25) is 0 Å². The number of ether oxygens (including phenoxy) is 1. The third-order valence-corrected chi connectivity index (χ3v) is 11.0. The van der Waals surface area contributed by atoms with Crippen LogP contribution in [0.15, 0.2) is 17.0 Å². The third-order valence-electron chi connectivity index (χ3n) is 8.27. The topological polar surface area (TPSA) is 89.5 Å². The summed E-state index contributed by atoms with van der Waals surface area (Å²) in [6, 6.07) is 4.24. The molecular weight excluding hydrogens is 561 g/mol. The van der Waals surface area contributed by atoms with Gasteiger partial charge in [0.15, 0.2) is 0 Å². The van der Waals surface area contributed by atoms with Crippen LogP contribution in [-0.2, 0) is 4.74 Å². The van der Waals surface area contributed by atoms with Gasteiger partial charge in [0.1, 0.15) is 0 Å². The molecule has 0 radical (unpaired) electrons. The van der Waals surface area contributed by atoms with Gasteiger partial charge in [-0.25, -0.2) is 0 Å². The van der Waals surface area contributed by atoms with Gasteiger partial charge in [0.2, 0.25) is 0 Å². The molecule has 3 N–H and O–H groups in total. The van der Waals surface area contributed by atoms with E-state index >= 15 is 0 Å². The molecular formula is C26H34F2N6OSSe. The standard InChI is InChI=1S/C26H34F2N6OSSe/c1-15-13-26(14-35-15)7-9-33(10-8-26)19-12-17(36-32-25(2)5-6-25)11-18-20(23(29)37-24(30)22(27)28)21(16-3-4-16)31-34(18)19/h11-12,15-16,22,29-30,32H,3-10,13-14H2,1-2H3/t15-/m1/s1. The van der Waals surface area contributed by atoms with Gasteiger partial charge < -0.3 is 0 Å². The Labute approximate surface area is 226 Å². The Morgan fingerprint density at radius 2 is 1.95 bits per heavy atom. The van der Waals surface area contributed by atoms with Crippen molar-refractivity contribution in [2.24, 2.45) is 5.41 Å². The number of hydrogen-bond donors (Lipinski definition) is 3. The Morgan fingerprint density at radius 3 is 2.54 bits per heavy atom. The summed E-state index contributed by atoms with van der Waals surface area (Å²) in [6.07, 6.45) is 5.06. The maximum absolute atomic E-state index is 13.2. The zero-order valence-electron chi connectivity index (χ0n) is 21.3. The quantitative estimate of drug-likeness (QED) is 0.215. The molecule has 7 nitrogen and oxygen atoms in total. The van der Waals surface area contributed by atoms with Crippen molar-refractivity contribution < 1.29 is 13.5 Å². The van der Waals surface area contributed by atoms with E-state index in [4.69, 9.17) is 20.7 Å². The van der Waals surface area contributed by atoms with Gasteiger partial charge in [-0.05, 0) is 0 Å². The van der Waals surface area contributed by atoms with E-state index in [0.717, 1.165) is 86.6 Å². The molecule has 200 valence electrons. The fourth-order valence-electron chi connectivity index (χ4n) is 5.56. The van der Waals surface area contributed by atoms with Gasteiger partial charge in [0.25, 0.3) is 0 Å². The van der Waals surface area contributed by atoms with Crippen molar-refractivity contribution in [2.45, 2.75) is 87.7 Å². The molecule has 4 aliphatic rings. The summed E-state index contributed by atoms with van der Waals surface area (Å²) >= 11 is 0.582. The molecule has 4 fully saturated rings. The Bertz CT molecular complexity index is 1240. The van der Waals surface area contributed by atoms with Gasteiger partial charge in [0.05, 0.1) is 0 Å². The molecule has 1 spiro atoms. The zero-order valence-corrected chi connectivity index (χ0v) is 23.8. The van der Waals surface area contributed by atoms with Crippen molar-refractivity contribution in [3.8, 4) is 0 Å². The second-order valence-electron chi connectivity index (χ2n) is 11.6. The predicted molar refractivity (Wildman–Crippen MR) is 144 cm³/mol. The first-order valence-electron chi connectivity index (χ1n) is 13.2. The summed E-state index contributed by atoms with van der Waals surface area (Å²) in [5.74, 6) is 1.27. The summed E-state index contributed by atoms with van der Waals surface area (Å²) in [4.78, 5) is 3.44. The zero-order chi connectivity index (χ0) is 25.9. The summed E-state index contributed by atoms with van der Waals surface area (Å²) in [5.41, 5.74) is 2.72. The number of rotatable bonds is 9. The summed E-state index contributed by atoms with van der Waals surface area (Å²) < 4.78 is 37.4. The second kappa shape index (κ2) is 9.59. The second-order valence-corrected chi connectivity index (χ2v) is 14.6. The van der Waals surface area contributed by atoms with Crippen LogP contribution in [0.25, 0.3) is 5.52 Å². The molecule has 2 aromatic heterocycles. The average molecular weight is 596 g/mol. The fraction of sp³-hybridized carbons (Fsp3) is 0.654. The Balaban J connectivity index is 1.38. The van der Waals surface area contributed by atoms with E-state index in [2.05, 4.69) is 35.6 Å². The van der Waals surface area contributed by atoms with Crippen LogP contribution in [0.5, 0.6) is 0 Å².